The predicted molar refractivity (Wildman–Crippen MR) is 131 cm³/mol. The van der Waals surface area contributed by atoms with Crippen molar-refractivity contribution in [1.82, 2.24) is 24.4 Å². The number of aliphatic hydroxyl groups excluding tert-OH is 1. The maximum atomic E-state index is 12.8. The molecule has 0 bridgehead atoms. The van der Waals surface area contributed by atoms with Crippen LogP contribution in [0.3, 0.4) is 0 Å². The molecule has 4 N–H and O–H groups in total. The van der Waals surface area contributed by atoms with Gasteiger partial charge in [-0.1, -0.05) is 35.3 Å². The third kappa shape index (κ3) is 3.97. The summed E-state index contributed by atoms with van der Waals surface area (Å²) < 4.78 is 1.10. The summed E-state index contributed by atoms with van der Waals surface area (Å²) in [5, 5.41) is 22.1. The lowest BCUT2D eigenvalue weighted by atomic mass is 9.94. The summed E-state index contributed by atoms with van der Waals surface area (Å²) in [6.07, 6.45) is 2.26. The van der Waals surface area contributed by atoms with Crippen LogP contribution in [0.4, 0.5) is 11.6 Å². The van der Waals surface area contributed by atoms with Crippen LogP contribution in [-0.2, 0) is 13.0 Å². The summed E-state index contributed by atoms with van der Waals surface area (Å²) in [5.74, 6) is 0.286. The topological polar surface area (TPSA) is 123 Å². The average molecular weight is 498 g/mol. The summed E-state index contributed by atoms with van der Waals surface area (Å²) in [6, 6.07) is 11.0. The number of fused-ring (bicyclic) bond motifs is 2. The van der Waals surface area contributed by atoms with E-state index in [-0.39, 0.29) is 45.5 Å². The smallest absolute Gasteiger partial charge is 0.333 e. The van der Waals surface area contributed by atoms with Crippen LogP contribution in [0.5, 0.6) is 0 Å². The molecule has 1 unspecified atom stereocenters. The molecule has 0 saturated heterocycles. The van der Waals surface area contributed by atoms with Crippen LogP contribution in [0.25, 0.3) is 16.7 Å². The molecule has 174 valence electrons. The third-order valence-corrected chi connectivity index (χ3v) is 6.64. The lowest BCUT2D eigenvalue weighted by molar-refractivity contribution is 0.131. The first-order chi connectivity index (χ1) is 16.4. The Morgan fingerprint density at radius 2 is 2.00 bits per heavy atom. The minimum absolute atomic E-state index is 0.120. The highest BCUT2D eigenvalue weighted by atomic mass is 35.5. The van der Waals surface area contributed by atoms with Gasteiger partial charge in [-0.25, -0.2) is 14.3 Å². The summed E-state index contributed by atoms with van der Waals surface area (Å²) in [5.41, 5.74) is 2.89. The number of aromatic amines is 1. The second-order valence-corrected chi connectivity index (χ2v) is 9.02. The normalized spacial score (nSPS) is 15.9. The number of hydrogen-bond donors (Lipinski definition) is 4. The van der Waals surface area contributed by atoms with Gasteiger partial charge < -0.3 is 10.4 Å². The van der Waals surface area contributed by atoms with E-state index in [0.29, 0.717) is 5.39 Å². The van der Waals surface area contributed by atoms with Crippen LogP contribution in [-0.4, -0.2) is 49.2 Å². The third-order valence-electron chi connectivity index (χ3n) is 6.03. The molecule has 0 amide bonds. The quantitative estimate of drug-likeness (QED) is 0.343. The molecule has 0 saturated carbocycles. The second-order valence-electron chi connectivity index (χ2n) is 8.20. The van der Waals surface area contributed by atoms with E-state index in [9.17, 15) is 9.90 Å². The first kappa shape index (κ1) is 22.5. The van der Waals surface area contributed by atoms with E-state index < -0.39 is 5.69 Å². The molecule has 0 aliphatic carbocycles. The molecule has 1 atom stereocenters. The van der Waals surface area contributed by atoms with Gasteiger partial charge in [0, 0.05) is 24.5 Å². The fourth-order valence-electron chi connectivity index (χ4n) is 4.20. The molecule has 5 rings (SSSR count). The van der Waals surface area contributed by atoms with Crippen molar-refractivity contribution >= 4 is 45.9 Å². The van der Waals surface area contributed by atoms with Crippen molar-refractivity contribution in [3.8, 4) is 5.69 Å². The number of aromatic nitrogens is 4. The fraction of sp³-hybridized carbons (Fsp3) is 0.217. The Morgan fingerprint density at radius 1 is 1.24 bits per heavy atom. The Bertz CT molecular complexity index is 1510. The number of benzene rings is 2. The maximum Gasteiger partial charge on any atom is 0.333 e. The SMILES string of the molecule is CN1Cc2cc(Nc3ncc4c(=N)n(-c5c(Cl)cccc5Cl)c(=O)[nH]c4n3)ccc2CC1CO. The van der Waals surface area contributed by atoms with Crippen molar-refractivity contribution in [3.63, 3.8) is 0 Å². The number of likely N-dealkylation sites (N-methyl/N-ethyl adjacent to an activating group) is 1. The molecule has 1 aliphatic heterocycles. The number of halogens is 2. The van der Waals surface area contributed by atoms with Gasteiger partial charge in [0.25, 0.3) is 0 Å². The largest absolute Gasteiger partial charge is 0.395 e. The van der Waals surface area contributed by atoms with Crippen molar-refractivity contribution in [2.24, 2.45) is 0 Å². The van der Waals surface area contributed by atoms with Crippen LogP contribution in [0.2, 0.25) is 10.0 Å². The molecule has 11 heteroatoms. The highest BCUT2D eigenvalue weighted by Gasteiger charge is 2.23. The first-order valence-electron chi connectivity index (χ1n) is 10.6. The van der Waals surface area contributed by atoms with Crippen LogP contribution >= 0.6 is 23.2 Å². The fourth-order valence-corrected chi connectivity index (χ4v) is 4.76. The Hall–Kier alpha value is -3.24. The number of nitrogens with one attached hydrogen (secondary N) is 3. The second kappa shape index (κ2) is 8.84. The summed E-state index contributed by atoms with van der Waals surface area (Å²) in [6.45, 7) is 0.856. The minimum Gasteiger partial charge on any atom is -0.395 e. The highest BCUT2D eigenvalue weighted by molar-refractivity contribution is 6.37. The number of para-hydroxylation sites is 1. The van der Waals surface area contributed by atoms with E-state index in [2.05, 4.69) is 25.2 Å². The molecule has 0 fully saturated rings. The zero-order valence-corrected chi connectivity index (χ0v) is 19.7. The van der Waals surface area contributed by atoms with Crippen LogP contribution in [0, 0.1) is 5.41 Å². The van der Waals surface area contributed by atoms with Gasteiger partial charge >= 0.3 is 5.69 Å². The molecule has 9 nitrogen and oxygen atoms in total. The molecule has 1 aliphatic rings. The van der Waals surface area contributed by atoms with Gasteiger partial charge in [-0.05, 0) is 48.9 Å². The van der Waals surface area contributed by atoms with Crippen molar-refractivity contribution < 1.29 is 5.11 Å². The molecule has 34 heavy (non-hydrogen) atoms. The monoisotopic (exact) mass is 497 g/mol. The van der Waals surface area contributed by atoms with E-state index in [1.165, 1.54) is 11.8 Å². The van der Waals surface area contributed by atoms with Gasteiger partial charge in [0.05, 0.1) is 27.7 Å². The van der Waals surface area contributed by atoms with E-state index in [1.54, 1.807) is 18.2 Å². The Balaban J connectivity index is 1.50. The van der Waals surface area contributed by atoms with Crippen LogP contribution in [0.15, 0.2) is 47.4 Å². The van der Waals surface area contributed by atoms with Gasteiger partial charge in [-0.3, -0.25) is 15.3 Å². The molecule has 3 heterocycles. The number of anilines is 2. The number of hydrogen-bond acceptors (Lipinski definition) is 7. The summed E-state index contributed by atoms with van der Waals surface area (Å²) >= 11 is 12.5. The Morgan fingerprint density at radius 3 is 2.74 bits per heavy atom. The summed E-state index contributed by atoms with van der Waals surface area (Å²) in [7, 11) is 1.99. The lowest BCUT2D eigenvalue weighted by Gasteiger charge is -2.33. The molecule has 4 aromatic rings. The van der Waals surface area contributed by atoms with Gasteiger partial charge in [-0.15, -0.1) is 0 Å². The van der Waals surface area contributed by atoms with Crippen molar-refractivity contribution in [1.29, 1.82) is 5.41 Å². The molecule has 2 aromatic carbocycles. The summed E-state index contributed by atoms with van der Waals surface area (Å²) in [4.78, 5) is 26.4. The van der Waals surface area contributed by atoms with Crippen molar-refractivity contribution in [3.05, 3.63) is 79.7 Å². The van der Waals surface area contributed by atoms with Gasteiger partial charge in [0.2, 0.25) is 5.95 Å². The van der Waals surface area contributed by atoms with Gasteiger partial charge in [0.1, 0.15) is 5.49 Å². The van der Waals surface area contributed by atoms with Gasteiger partial charge in [0.15, 0.2) is 5.65 Å². The zero-order valence-electron chi connectivity index (χ0n) is 18.1. The Kier molecular flexibility index (Phi) is 5.86. The maximum absolute atomic E-state index is 12.8. The standard InChI is InChI=1S/C23H21Cl2N7O2/c1-31-10-13-7-14(6-5-12(13)8-15(31)11-33)28-22-27-9-16-20(26)32(23(34)30-21(16)29-22)19-17(24)3-2-4-18(19)25/h2-7,9,15,26,33H,8,10-11H2,1H3,(H2,27,28,29,30,34). The van der Waals surface area contributed by atoms with Crippen LogP contribution < -0.4 is 16.5 Å². The number of nitrogens with zero attached hydrogens (tertiary/aromatic N) is 4. The van der Waals surface area contributed by atoms with E-state index in [0.717, 1.165) is 28.8 Å². The average Bonchev–Trinajstić information content (AvgIpc) is 2.80. The molecule has 0 radical (unpaired) electrons. The van der Waals surface area contributed by atoms with Gasteiger partial charge in [-0.2, -0.15) is 4.98 Å². The first-order valence-corrected chi connectivity index (χ1v) is 11.3. The van der Waals surface area contributed by atoms with Crippen LogP contribution in [0.1, 0.15) is 11.1 Å². The molecular formula is C23H21Cl2N7O2. The Labute approximate surface area is 204 Å². The number of rotatable bonds is 4. The predicted octanol–water partition coefficient (Wildman–Crippen LogP) is 2.99. The number of H-pyrrole nitrogens is 1. The highest BCUT2D eigenvalue weighted by Crippen LogP contribution is 2.27. The van der Waals surface area contributed by atoms with Crippen molar-refractivity contribution in [2.75, 3.05) is 19.0 Å². The van der Waals surface area contributed by atoms with E-state index >= 15 is 0 Å². The lowest BCUT2D eigenvalue weighted by Crippen LogP contribution is -2.39. The van der Waals surface area contributed by atoms with Crippen molar-refractivity contribution in [2.45, 2.75) is 19.0 Å². The number of aliphatic hydroxyl groups is 1. The molecule has 2 aromatic heterocycles. The molecule has 0 spiro atoms. The zero-order chi connectivity index (χ0) is 24.0. The molecular weight excluding hydrogens is 477 g/mol. The van der Waals surface area contributed by atoms with E-state index in [4.69, 9.17) is 28.6 Å². The van der Waals surface area contributed by atoms with E-state index in [1.807, 2.05) is 25.2 Å². The minimum atomic E-state index is -0.590.